The summed E-state index contributed by atoms with van der Waals surface area (Å²) in [5.74, 6) is 0.0462. The molecule has 0 saturated carbocycles. The number of nitrogens with zero attached hydrogens (tertiary/aromatic N) is 4. The first-order chi connectivity index (χ1) is 13.1. The number of nitrogens with one attached hydrogen (secondary N) is 2. The third-order valence-electron chi connectivity index (χ3n) is 3.39. The number of benzene rings is 1. The van der Waals surface area contributed by atoms with E-state index in [4.69, 9.17) is 17.3 Å². The van der Waals surface area contributed by atoms with E-state index in [9.17, 15) is 14.5 Å². The van der Waals surface area contributed by atoms with Crippen molar-refractivity contribution in [3.8, 4) is 0 Å². The SMILES string of the molecule is Cc1ccc(Nc2nc(C(N)(S[N+](=O)[O-])SC(F)(Cl)Br)nc3nc[nH]c23)cc1. The second-order valence-corrected chi connectivity index (χ2v) is 11.1. The van der Waals surface area contributed by atoms with Crippen LogP contribution >= 0.6 is 51.2 Å². The molecule has 3 rings (SSSR count). The number of nitrogens with two attached hydrogens (primary N) is 1. The molecule has 0 bridgehead atoms. The van der Waals surface area contributed by atoms with Crippen LogP contribution in [0.1, 0.15) is 11.4 Å². The number of aromatic amines is 1. The van der Waals surface area contributed by atoms with Crippen LogP contribution in [0.3, 0.4) is 0 Å². The molecule has 2 unspecified atom stereocenters. The van der Waals surface area contributed by atoms with E-state index >= 15 is 0 Å². The highest BCUT2D eigenvalue weighted by molar-refractivity contribution is 9.12. The molecule has 28 heavy (non-hydrogen) atoms. The third kappa shape index (κ3) is 5.03. The lowest BCUT2D eigenvalue weighted by atomic mass is 10.2. The van der Waals surface area contributed by atoms with Crippen LogP contribution in [0, 0.1) is 17.0 Å². The lowest BCUT2D eigenvalue weighted by molar-refractivity contribution is -0.285. The first-order valence-electron chi connectivity index (χ1n) is 7.50. The number of fused-ring (bicyclic) bond motifs is 1. The highest BCUT2D eigenvalue weighted by atomic mass is 79.9. The Morgan fingerprint density at radius 1 is 1.39 bits per heavy atom. The Kier molecular flexibility index (Phi) is 6.00. The normalized spacial score (nSPS) is 15.8. The molecule has 2 atom stereocenters. The van der Waals surface area contributed by atoms with E-state index in [1.807, 2.05) is 31.2 Å². The molecule has 0 aliphatic heterocycles. The molecule has 4 N–H and O–H groups in total. The number of aryl methyl sites for hydroxylation is 1. The Hall–Kier alpha value is -1.67. The smallest absolute Gasteiger partial charge is 0.287 e. The van der Waals surface area contributed by atoms with Crippen molar-refractivity contribution >= 4 is 73.9 Å². The second kappa shape index (κ2) is 7.99. The van der Waals surface area contributed by atoms with E-state index < -0.39 is 11.9 Å². The molecule has 14 heteroatoms. The van der Waals surface area contributed by atoms with Crippen LogP contribution < -0.4 is 11.1 Å². The minimum Gasteiger partial charge on any atom is -0.340 e. The summed E-state index contributed by atoms with van der Waals surface area (Å²) in [6, 6.07) is 7.46. The van der Waals surface area contributed by atoms with Crippen molar-refractivity contribution in [3.05, 3.63) is 52.1 Å². The van der Waals surface area contributed by atoms with E-state index in [2.05, 4.69) is 41.2 Å². The molecule has 3 aromatic rings. The van der Waals surface area contributed by atoms with Gasteiger partial charge in [-0.3, -0.25) is 15.8 Å². The monoisotopic (exact) mass is 507 g/mol. The van der Waals surface area contributed by atoms with Crippen molar-refractivity contribution in [1.82, 2.24) is 19.9 Å². The Morgan fingerprint density at radius 3 is 2.68 bits per heavy atom. The maximum absolute atomic E-state index is 14.0. The molecule has 0 spiro atoms. The van der Waals surface area contributed by atoms with Gasteiger partial charge in [-0.2, -0.15) is 0 Å². The molecular weight excluding hydrogens is 497 g/mol. The summed E-state index contributed by atoms with van der Waals surface area (Å²) in [4.78, 5) is 26.5. The molecule has 148 valence electrons. The Labute approximate surface area is 179 Å². The minimum absolute atomic E-state index is 0.0277. The molecule has 0 fully saturated rings. The molecule has 0 aliphatic carbocycles. The first kappa shape index (κ1) is 21.0. The molecule has 0 saturated heterocycles. The first-order valence-corrected chi connectivity index (χ1v) is 10.3. The van der Waals surface area contributed by atoms with Crippen molar-refractivity contribution in [2.24, 2.45) is 5.73 Å². The summed E-state index contributed by atoms with van der Waals surface area (Å²) in [5.41, 5.74) is 8.52. The number of imidazole rings is 1. The molecule has 9 nitrogen and oxygen atoms in total. The van der Waals surface area contributed by atoms with Crippen molar-refractivity contribution < 1.29 is 8.72 Å². The average molecular weight is 509 g/mol. The second-order valence-electron chi connectivity index (χ2n) is 5.52. The van der Waals surface area contributed by atoms with Gasteiger partial charge in [0.25, 0.3) is 15.3 Å². The van der Waals surface area contributed by atoms with E-state index in [0.29, 0.717) is 11.2 Å². The van der Waals surface area contributed by atoms with Gasteiger partial charge in [0.2, 0.25) is 4.20 Å². The largest absolute Gasteiger partial charge is 0.340 e. The molecule has 2 aromatic heterocycles. The van der Waals surface area contributed by atoms with E-state index in [-0.39, 0.29) is 41.0 Å². The predicted octanol–water partition coefficient (Wildman–Crippen LogP) is 4.35. The number of halogens is 3. The molecular formula is C14H12BrClFN7O2S2. The standard InChI is InChI=1S/C14H12BrClFN7O2S2/c1-7-2-4-8(5-3-7)21-11-9-10(20-6-19-9)22-12(23-11)13(18,28-24(25)26)27-14(15,16)17/h2-6H,18H2,1H3,(H2,19,20,21,22,23). The average Bonchev–Trinajstić information content (AvgIpc) is 3.03. The zero-order valence-corrected chi connectivity index (χ0v) is 18.0. The van der Waals surface area contributed by atoms with Gasteiger partial charge in [-0.05, 0) is 46.7 Å². The van der Waals surface area contributed by atoms with Crippen molar-refractivity contribution in [1.29, 1.82) is 0 Å². The summed E-state index contributed by atoms with van der Waals surface area (Å²) in [5, 5.41) is 14.2. The Balaban J connectivity index is 2.09. The fraction of sp³-hybridized carbons (Fsp3) is 0.214. The highest BCUT2D eigenvalue weighted by Crippen LogP contribution is 2.52. The summed E-state index contributed by atoms with van der Waals surface area (Å²) in [6.07, 6.45) is 1.39. The number of H-pyrrole nitrogens is 1. The van der Waals surface area contributed by atoms with Gasteiger partial charge in [-0.1, -0.05) is 29.3 Å². The summed E-state index contributed by atoms with van der Waals surface area (Å²) in [7, 11) is 0. The van der Waals surface area contributed by atoms with Gasteiger partial charge in [0.05, 0.1) is 6.33 Å². The zero-order chi connectivity index (χ0) is 20.5. The van der Waals surface area contributed by atoms with Crippen molar-refractivity contribution in [2.45, 2.75) is 14.5 Å². The lowest BCUT2D eigenvalue weighted by Crippen LogP contribution is -2.35. The lowest BCUT2D eigenvalue weighted by Gasteiger charge is -2.24. The van der Waals surface area contributed by atoms with Crippen LogP contribution in [0.15, 0.2) is 30.6 Å². The minimum atomic E-state index is -2.57. The predicted molar refractivity (Wildman–Crippen MR) is 113 cm³/mol. The van der Waals surface area contributed by atoms with Gasteiger partial charge in [0.1, 0.15) is 9.85 Å². The Bertz CT molecular complexity index is 1020. The zero-order valence-electron chi connectivity index (χ0n) is 14.0. The number of hydrogen-bond acceptors (Lipinski definition) is 9. The maximum atomic E-state index is 14.0. The highest BCUT2D eigenvalue weighted by Gasteiger charge is 2.48. The Morgan fingerprint density at radius 2 is 2.07 bits per heavy atom. The van der Waals surface area contributed by atoms with E-state index in [1.54, 1.807) is 0 Å². The molecule has 2 heterocycles. The molecule has 0 radical (unpaired) electrons. The number of alkyl halides is 3. The van der Waals surface area contributed by atoms with Gasteiger partial charge in [-0.25, -0.2) is 19.3 Å². The summed E-state index contributed by atoms with van der Waals surface area (Å²) in [6.45, 7) is 1.95. The van der Waals surface area contributed by atoms with E-state index in [0.717, 1.165) is 5.56 Å². The van der Waals surface area contributed by atoms with Gasteiger partial charge < -0.3 is 10.3 Å². The van der Waals surface area contributed by atoms with Crippen LogP contribution in [0.2, 0.25) is 0 Å². The summed E-state index contributed by atoms with van der Waals surface area (Å²) < 4.78 is 8.61. The number of anilines is 2. The number of hydrogen-bond donors (Lipinski definition) is 3. The third-order valence-corrected chi connectivity index (χ3v) is 5.90. The van der Waals surface area contributed by atoms with Crippen LogP contribution in [0.25, 0.3) is 11.2 Å². The van der Waals surface area contributed by atoms with Gasteiger partial charge >= 0.3 is 0 Å². The number of thioether (sulfide) groups is 1. The van der Waals surface area contributed by atoms with Crippen LogP contribution in [0.4, 0.5) is 15.9 Å². The summed E-state index contributed by atoms with van der Waals surface area (Å²) >= 11 is 8.38. The van der Waals surface area contributed by atoms with Crippen LogP contribution in [-0.2, 0) is 4.20 Å². The topological polar surface area (TPSA) is 136 Å². The van der Waals surface area contributed by atoms with Crippen LogP contribution in [0.5, 0.6) is 0 Å². The van der Waals surface area contributed by atoms with Gasteiger partial charge in [0, 0.05) is 5.69 Å². The fourth-order valence-electron chi connectivity index (χ4n) is 2.24. The number of aromatic nitrogens is 4. The van der Waals surface area contributed by atoms with Crippen molar-refractivity contribution in [3.63, 3.8) is 0 Å². The molecule has 0 amide bonds. The van der Waals surface area contributed by atoms with Crippen molar-refractivity contribution in [2.75, 3.05) is 5.32 Å². The molecule has 1 aromatic carbocycles. The maximum Gasteiger partial charge on any atom is 0.287 e. The van der Waals surface area contributed by atoms with Gasteiger partial charge in [-0.15, -0.1) is 0 Å². The molecule has 0 aliphatic rings. The fourth-order valence-corrected chi connectivity index (χ4v) is 5.43. The number of rotatable bonds is 7. The van der Waals surface area contributed by atoms with Gasteiger partial charge in [0.15, 0.2) is 17.3 Å². The van der Waals surface area contributed by atoms with E-state index in [1.165, 1.54) is 6.33 Å². The van der Waals surface area contributed by atoms with Crippen LogP contribution in [-0.4, -0.2) is 27.6 Å². The quantitative estimate of drug-likeness (QED) is 0.140. The number of nitro groups is 1.